The molecule has 0 radical (unpaired) electrons. The molecule has 134 valence electrons. The molecule has 25 heavy (non-hydrogen) atoms. The number of carbonyl (C=O) groups excluding carboxylic acids is 2. The molecular formula is C17H19NO7. The van der Waals surface area contributed by atoms with Gasteiger partial charge in [-0.3, -0.25) is 14.5 Å². The van der Waals surface area contributed by atoms with E-state index in [1.807, 2.05) is 0 Å². The Morgan fingerprint density at radius 1 is 1.16 bits per heavy atom. The summed E-state index contributed by atoms with van der Waals surface area (Å²) in [5.74, 6) is -1.20. The van der Waals surface area contributed by atoms with E-state index in [2.05, 4.69) is 6.58 Å². The number of hydrogen-bond acceptors (Lipinski definition) is 7. The Labute approximate surface area is 143 Å². The van der Waals surface area contributed by atoms with Crippen LogP contribution >= 0.6 is 0 Å². The highest BCUT2D eigenvalue weighted by Gasteiger charge is 2.53. The number of rotatable bonds is 5. The fraction of sp³-hybridized carbons (Fsp3) is 0.412. The van der Waals surface area contributed by atoms with Crippen molar-refractivity contribution in [3.63, 3.8) is 0 Å². The number of hydrogen-bond donors (Lipinski definition) is 3. The quantitative estimate of drug-likeness (QED) is 0.475. The van der Waals surface area contributed by atoms with Gasteiger partial charge in [-0.1, -0.05) is 18.2 Å². The van der Waals surface area contributed by atoms with Gasteiger partial charge in [0.25, 0.3) is 11.8 Å². The molecule has 0 unspecified atom stereocenters. The van der Waals surface area contributed by atoms with E-state index in [1.165, 1.54) is 18.2 Å². The lowest BCUT2D eigenvalue weighted by Gasteiger charge is -2.44. The summed E-state index contributed by atoms with van der Waals surface area (Å²) in [7, 11) is 0. The van der Waals surface area contributed by atoms with Gasteiger partial charge in [0, 0.05) is 0 Å². The summed E-state index contributed by atoms with van der Waals surface area (Å²) in [4.78, 5) is 26.2. The van der Waals surface area contributed by atoms with Crippen LogP contribution in [0.1, 0.15) is 20.7 Å². The highest BCUT2D eigenvalue weighted by Crippen LogP contribution is 2.32. The molecule has 2 amide bonds. The lowest BCUT2D eigenvalue weighted by molar-refractivity contribution is -0.276. The zero-order valence-corrected chi connectivity index (χ0v) is 13.3. The van der Waals surface area contributed by atoms with E-state index < -0.39 is 49.1 Å². The van der Waals surface area contributed by atoms with Crippen molar-refractivity contribution in [2.24, 2.45) is 0 Å². The fourth-order valence-corrected chi connectivity index (χ4v) is 3.12. The van der Waals surface area contributed by atoms with Gasteiger partial charge in [0.15, 0.2) is 6.29 Å². The van der Waals surface area contributed by atoms with Gasteiger partial charge < -0.3 is 24.8 Å². The third-order valence-corrected chi connectivity index (χ3v) is 4.35. The molecule has 0 spiro atoms. The van der Waals surface area contributed by atoms with E-state index in [-0.39, 0.29) is 17.7 Å². The third kappa shape index (κ3) is 2.88. The second kappa shape index (κ2) is 7.03. The topological polar surface area (TPSA) is 117 Å². The first-order valence-corrected chi connectivity index (χ1v) is 7.83. The van der Waals surface area contributed by atoms with Crippen LogP contribution < -0.4 is 0 Å². The Balaban J connectivity index is 1.96. The third-order valence-electron chi connectivity index (χ3n) is 4.35. The van der Waals surface area contributed by atoms with E-state index in [9.17, 15) is 24.9 Å². The molecule has 1 fully saturated rings. The van der Waals surface area contributed by atoms with Crippen molar-refractivity contribution in [3.05, 3.63) is 48.0 Å². The van der Waals surface area contributed by atoms with Crippen LogP contribution in [0.25, 0.3) is 0 Å². The lowest BCUT2D eigenvalue weighted by Crippen LogP contribution is -2.65. The molecule has 2 heterocycles. The minimum absolute atomic E-state index is 0.0330. The van der Waals surface area contributed by atoms with Crippen LogP contribution in [0.2, 0.25) is 0 Å². The number of imide groups is 1. The van der Waals surface area contributed by atoms with Gasteiger partial charge in [-0.2, -0.15) is 0 Å². The predicted molar refractivity (Wildman–Crippen MR) is 84.6 cm³/mol. The van der Waals surface area contributed by atoms with Gasteiger partial charge in [-0.15, -0.1) is 6.58 Å². The Hall–Kier alpha value is -2.10. The molecule has 1 aromatic rings. The molecule has 0 bridgehead atoms. The standard InChI is InChI=1S/C17H19NO7/c1-2-7-24-17-12(14(21)13(20)11(8-19)25-17)18-15(22)9-5-3-4-6-10(9)16(18)23/h2-6,11-14,17,19-21H,1,7-8H2/t11-,12+,13-,14-,17-/m1/s1. The van der Waals surface area contributed by atoms with Crippen LogP contribution in [0.5, 0.6) is 0 Å². The molecule has 2 aliphatic rings. The molecule has 8 nitrogen and oxygen atoms in total. The first-order valence-electron chi connectivity index (χ1n) is 7.83. The van der Waals surface area contributed by atoms with Crippen molar-refractivity contribution in [2.75, 3.05) is 13.2 Å². The van der Waals surface area contributed by atoms with Gasteiger partial charge in [-0.25, -0.2) is 0 Å². The number of fused-ring (bicyclic) bond motifs is 1. The molecule has 0 aliphatic carbocycles. The molecule has 5 atom stereocenters. The molecule has 1 saturated heterocycles. The van der Waals surface area contributed by atoms with Crippen molar-refractivity contribution >= 4 is 11.8 Å². The van der Waals surface area contributed by atoms with Crippen molar-refractivity contribution in [1.29, 1.82) is 0 Å². The second-order valence-corrected chi connectivity index (χ2v) is 5.85. The number of amides is 2. The van der Waals surface area contributed by atoms with Gasteiger partial charge in [0.1, 0.15) is 24.4 Å². The maximum absolute atomic E-state index is 12.7. The summed E-state index contributed by atoms with van der Waals surface area (Å²) in [6, 6.07) is 5.02. The lowest BCUT2D eigenvalue weighted by atomic mass is 9.95. The van der Waals surface area contributed by atoms with Crippen molar-refractivity contribution in [3.8, 4) is 0 Å². The number of carbonyl (C=O) groups is 2. The first kappa shape index (κ1) is 17.7. The van der Waals surface area contributed by atoms with Crippen molar-refractivity contribution in [2.45, 2.75) is 30.6 Å². The largest absolute Gasteiger partial charge is 0.394 e. The minimum Gasteiger partial charge on any atom is -0.394 e. The Morgan fingerprint density at radius 2 is 1.76 bits per heavy atom. The van der Waals surface area contributed by atoms with Gasteiger partial charge in [-0.05, 0) is 12.1 Å². The first-order chi connectivity index (χ1) is 12.0. The molecule has 0 saturated carbocycles. The highest BCUT2D eigenvalue weighted by molar-refractivity contribution is 6.21. The SMILES string of the molecule is C=CCO[C@@H]1O[C@H](CO)[C@@H](O)[C@H](O)[C@@H]1N1C(=O)c2ccccc2C1=O. The molecule has 2 aliphatic heterocycles. The number of aliphatic hydroxyl groups is 3. The van der Waals surface area contributed by atoms with Crippen LogP contribution in [0.4, 0.5) is 0 Å². The summed E-state index contributed by atoms with van der Waals surface area (Å²) in [6.45, 7) is 2.99. The summed E-state index contributed by atoms with van der Waals surface area (Å²) >= 11 is 0. The molecule has 3 N–H and O–H groups in total. The van der Waals surface area contributed by atoms with E-state index in [4.69, 9.17) is 9.47 Å². The van der Waals surface area contributed by atoms with E-state index in [0.29, 0.717) is 0 Å². The normalized spacial score (nSPS) is 32.0. The average Bonchev–Trinajstić information content (AvgIpc) is 2.87. The van der Waals surface area contributed by atoms with Crippen LogP contribution in [0.15, 0.2) is 36.9 Å². The zero-order chi connectivity index (χ0) is 18.1. The van der Waals surface area contributed by atoms with Crippen LogP contribution in [-0.4, -0.2) is 75.9 Å². The number of aliphatic hydroxyl groups excluding tert-OH is 3. The maximum Gasteiger partial charge on any atom is 0.262 e. The van der Waals surface area contributed by atoms with Crippen molar-refractivity contribution in [1.82, 2.24) is 4.90 Å². The maximum atomic E-state index is 12.7. The zero-order valence-electron chi connectivity index (χ0n) is 13.3. The number of nitrogens with zero attached hydrogens (tertiary/aromatic N) is 1. The minimum atomic E-state index is -1.54. The second-order valence-electron chi connectivity index (χ2n) is 5.85. The molecule has 1 aromatic carbocycles. The molecule has 3 rings (SSSR count). The van der Waals surface area contributed by atoms with Crippen LogP contribution in [-0.2, 0) is 9.47 Å². The molecular weight excluding hydrogens is 330 g/mol. The summed E-state index contributed by atoms with van der Waals surface area (Å²) < 4.78 is 10.9. The van der Waals surface area contributed by atoms with Gasteiger partial charge >= 0.3 is 0 Å². The van der Waals surface area contributed by atoms with Crippen LogP contribution in [0.3, 0.4) is 0 Å². The summed E-state index contributed by atoms with van der Waals surface area (Å²) in [5, 5.41) is 29.9. The van der Waals surface area contributed by atoms with Crippen LogP contribution in [0, 0.1) is 0 Å². The van der Waals surface area contributed by atoms with E-state index in [0.717, 1.165) is 4.90 Å². The number of ether oxygens (including phenoxy) is 2. The summed E-state index contributed by atoms with van der Waals surface area (Å²) in [5.41, 5.74) is 0.418. The Bertz CT molecular complexity index is 656. The molecule has 8 heteroatoms. The average molecular weight is 349 g/mol. The van der Waals surface area contributed by atoms with E-state index >= 15 is 0 Å². The highest BCUT2D eigenvalue weighted by atomic mass is 16.7. The number of benzene rings is 1. The van der Waals surface area contributed by atoms with Crippen molar-refractivity contribution < 1.29 is 34.4 Å². The molecule has 0 aromatic heterocycles. The smallest absolute Gasteiger partial charge is 0.262 e. The Morgan fingerprint density at radius 3 is 2.28 bits per heavy atom. The monoisotopic (exact) mass is 349 g/mol. The fourth-order valence-electron chi connectivity index (χ4n) is 3.12. The summed E-state index contributed by atoms with van der Waals surface area (Å²) in [6.07, 6.45) is -3.90. The van der Waals surface area contributed by atoms with Gasteiger partial charge in [0.05, 0.1) is 24.3 Å². The van der Waals surface area contributed by atoms with E-state index in [1.54, 1.807) is 12.1 Å². The predicted octanol–water partition coefficient (Wildman–Crippen LogP) is -0.707. The Kier molecular flexibility index (Phi) is 4.98. The van der Waals surface area contributed by atoms with Gasteiger partial charge in [0.2, 0.25) is 0 Å².